The molecule has 1 aliphatic carbocycles. The van der Waals surface area contributed by atoms with E-state index in [1.165, 1.54) is 17.2 Å². The van der Waals surface area contributed by atoms with Crippen LogP contribution in [0.1, 0.15) is 16.7 Å². The highest BCUT2D eigenvalue weighted by Crippen LogP contribution is 2.24. The van der Waals surface area contributed by atoms with E-state index in [1.54, 1.807) is 24.5 Å². The fraction of sp³-hybridized carbons (Fsp3) is 0.200. The van der Waals surface area contributed by atoms with Crippen LogP contribution in [0.2, 0.25) is 0 Å². The van der Waals surface area contributed by atoms with Crippen molar-refractivity contribution in [2.75, 3.05) is 5.32 Å². The van der Waals surface area contributed by atoms with Crippen LogP contribution in [0, 0.1) is 5.82 Å². The molecule has 0 unspecified atom stereocenters. The number of halogens is 1. The summed E-state index contributed by atoms with van der Waals surface area (Å²) in [6.45, 7) is 0.169. The second kappa shape index (κ2) is 6.61. The van der Waals surface area contributed by atoms with Gasteiger partial charge >= 0.3 is 0 Å². The predicted octanol–water partition coefficient (Wildman–Crippen LogP) is 3.32. The summed E-state index contributed by atoms with van der Waals surface area (Å²) in [6.07, 6.45) is 5.48. The monoisotopic (exact) mass is 334 g/mol. The van der Waals surface area contributed by atoms with Gasteiger partial charge in [0.2, 0.25) is 5.95 Å². The summed E-state index contributed by atoms with van der Waals surface area (Å²) in [5.74, 6) is 0.328. The van der Waals surface area contributed by atoms with E-state index in [-0.39, 0.29) is 12.4 Å². The van der Waals surface area contributed by atoms with E-state index in [9.17, 15) is 4.39 Å². The van der Waals surface area contributed by atoms with Crippen molar-refractivity contribution in [3.63, 3.8) is 0 Å². The number of fused-ring (bicyclic) bond motifs is 1. The van der Waals surface area contributed by atoms with Crippen molar-refractivity contribution in [2.24, 2.45) is 5.73 Å². The lowest BCUT2D eigenvalue weighted by Crippen LogP contribution is -2.20. The van der Waals surface area contributed by atoms with Gasteiger partial charge in [0.15, 0.2) is 0 Å². The van der Waals surface area contributed by atoms with Gasteiger partial charge in [0.25, 0.3) is 0 Å². The Morgan fingerprint density at radius 3 is 2.32 bits per heavy atom. The number of hydrogen-bond donors (Lipinski definition) is 2. The van der Waals surface area contributed by atoms with Crippen molar-refractivity contribution in [2.45, 2.75) is 25.4 Å². The van der Waals surface area contributed by atoms with Crippen LogP contribution < -0.4 is 11.1 Å². The quantitative estimate of drug-likeness (QED) is 0.768. The SMILES string of the molecule is NCc1cc(-c2cnc(NC3Cc4ccccc4C3)nc2)ccc1F. The fourth-order valence-corrected chi connectivity index (χ4v) is 3.31. The van der Waals surface area contributed by atoms with Crippen molar-refractivity contribution in [3.05, 3.63) is 77.4 Å². The maximum Gasteiger partial charge on any atom is 0.222 e. The van der Waals surface area contributed by atoms with E-state index in [0.29, 0.717) is 17.6 Å². The Balaban J connectivity index is 1.48. The summed E-state index contributed by atoms with van der Waals surface area (Å²) in [5, 5.41) is 3.40. The molecular weight excluding hydrogens is 315 g/mol. The molecule has 5 heteroatoms. The third kappa shape index (κ3) is 3.23. The second-order valence-electron chi connectivity index (χ2n) is 6.32. The fourth-order valence-electron chi connectivity index (χ4n) is 3.31. The average molecular weight is 334 g/mol. The van der Waals surface area contributed by atoms with Gasteiger partial charge in [-0.25, -0.2) is 14.4 Å². The molecule has 0 atom stereocenters. The predicted molar refractivity (Wildman–Crippen MR) is 96.6 cm³/mol. The first kappa shape index (κ1) is 15.7. The average Bonchev–Trinajstić information content (AvgIpc) is 3.05. The van der Waals surface area contributed by atoms with Crippen LogP contribution in [0.5, 0.6) is 0 Å². The van der Waals surface area contributed by atoms with E-state index in [2.05, 4.69) is 39.6 Å². The molecule has 0 amide bonds. The van der Waals surface area contributed by atoms with Crippen molar-refractivity contribution < 1.29 is 4.39 Å². The van der Waals surface area contributed by atoms with Crippen LogP contribution in [-0.2, 0) is 19.4 Å². The van der Waals surface area contributed by atoms with Crippen LogP contribution in [-0.4, -0.2) is 16.0 Å². The van der Waals surface area contributed by atoms with Gasteiger partial charge < -0.3 is 11.1 Å². The Hall–Kier alpha value is -2.79. The van der Waals surface area contributed by atoms with Gasteiger partial charge in [-0.2, -0.15) is 0 Å². The van der Waals surface area contributed by atoms with E-state index in [0.717, 1.165) is 24.0 Å². The van der Waals surface area contributed by atoms with Crippen LogP contribution in [0.25, 0.3) is 11.1 Å². The second-order valence-corrected chi connectivity index (χ2v) is 6.32. The van der Waals surface area contributed by atoms with E-state index in [4.69, 9.17) is 5.73 Å². The van der Waals surface area contributed by atoms with Crippen LogP contribution in [0.4, 0.5) is 10.3 Å². The van der Waals surface area contributed by atoms with Crippen molar-refractivity contribution in [1.29, 1.82) is 0 Å². The Morgan fingerprint density at radius 2 is 1.68 bits per heavy atom. The highest BCUT2D eigenvalue weighted by molar-refractivity contribution is 5.63. The number of nitrogens with two attached hydrogens (primary N) is 1. The minimum atomic E-state index is -0.286. The van der Waals surface area contributed by atoms with Gasteiger partial charge in [-0.05, 0) is 41.7 Å². The number of nitrogens with zero attached hydrogens (tertiary/aromatic N) is 2. The zero-order chi connectivity index (χ0) is 17.2. The largest absolute Gasteiger partial charge is 0.351 e. The first-order valence-corrected chi connectivity index (χ1v) is 8.37. The first-order valence-electron chi connectivity index (χ1n) is 8.37. The summed E-state index contributed by atoms with van der Waals surface area (Å²) in [5.41, 5.74) is 10.5. The number of nitrogens with one attached hydrogen (secondary N) is 1. The zero-order valence-corrected chi connectivity index (χ0v) is 13.7. The molecule has 3 N–H and O–H groups in total. The molecular formula is C20H19FN4. The molecule has 0 aliphatic heterocycles. The minimum absolute atomic E-state index is 0.169. The van der Waals surface area contributed by atoms with Gasteiger partial charge in [0, 0.05) is 36.1 Å². The lowest BCUT2D eigenvalue weighted by atomic mass is 10.1. The lowest BCUT2D eigenvalue weighted by Gasteiger charge is -2.12. The first-order chi connectivity index (χ1) is 12.2. The highest BCUT2D eigenvalue weighted by atomic mass is 19.1. The summed E-state index contributed by atoms with van der Waals surface area (Å²) in [4.78, 5) is 8.82. The highest BCUT2D eigenvalue weighted by Gasteiger charge is 2.21. The van der Waals surface area contributed by atoms with E-state index in [1.807, 2.05) is 0 Å². The van der Waals surface area contributed by atoms with Crippen LogP contribution >= 0.6 is 0 Å². The van der Waals surface area contributed by atoms with Crippen molar-refractivity contribution in [3.8, 4) is 11.1 Å². The molecule has 126 valence electrons. The normalized spacial score (nSPS) is 13.7. The van der Waals surface area contributed by atoms with Gasteiger partial charge in [0.05, 0.1) is 0 Å². The Bertz CT molecular complexity index is 867. The molecule has 1 heterocycles. The molecule has 0 spiro atoms. The summed E-state index contributed by atoms with van der Waals surface area (Å²) in [6, 6.07) is 13.7. The Kier molecular flexibility index (Phi) is 4.15. The number of benzene rings is 2. The minimum Gasteiger partial charge on any atom is -0.351 e. The van der Waals surface area contributed by atoms with Gasteiger partial charge in [-0.3, -0.25) is 0 Å². The van der Waals surface area contributed by atoms with Gasteiger partial charge in [-0.15, -0.1) is 0 Å². The van der Waals surface area contributed by atoms with Crippen molar-refractivity contribution in [1.82, 2.24) is 9.97 Å². The molecule has 1 aliphatic rings. The summed E-state index contributed by atoms with van der Waals surface area (Å²) < 4.78 is 13.6. The molecule has 1 aromatic heterocycles. The summed E-state index contributed by atoms with van der Waals surface area (Å²) in [7, 11) is 0. The molecule has 3 aromatic rings. The van der Waals surface area contributed by atoms with E-state index < -0.39 is 0 Å². The zero-order valence-electron chi connectivity index (χ0n) is 13.7. The number of aromatic nitrogens is 2. The number of anilines is 1. The lowest BCUT2D eigenvalue weighted by molar-refractivity contribution is 0.611. The molecule has 0 fully saturated rings. The summed E-state index contributed by atoms with van der Waals surface area (Å²) >= 11 is 0. The Labute approximate surface area is 145 Å². The van der Waals surface area contributed by atoms with Crippen LogP contribution in [0.15, 0.2) is 54.9 Å². The molecule has 0 saturated carbocycles. The smallest absolute Gasteiger partial charge is 0.222 e. The Morgan fingerprint density at radius 1 is 1.00 bits per heavy atom. The van der Waals surface area contributed by atoms with E-state index >= 15 is 0 Å². The van der Waals surface area contributed by atoms with Gasteiger partial charge in [-0.1, -0.05) is 30.3 Å². The molecule has 0 bridgehead atoms. The third-order valence-electron chi connectivity index (χ3n) is 4.64. The standard InChI is InChI=1S/C20H19FN4/c21-19-6-5-15(7-16(19)10-22)17-11-23-20(24-12-17)25-18-8-13-3-1-2-4-14(13)9-18/h1-7,11-12,18H,8-10,22H2,(H,23,24,25). The molecule has 0 saturated heterocycles. The molecule has 2 aromatic carbocycles. The number of rotatable bonds is 4. The molecule has 4 nitrogen and oxygen atoms in total. The molecule has 4 rings (SSSR count). The van der Waals surface area contributed by atoms with Crippen LogP contribution in [0.3, 0.4) is 0 Å². The molecule has 25 heavy (non-hydrogen) atoms. The topological polar surface area (TPSA) is 63.8 Å². The maximum atomic E-state index is 13.6. The van der Waals surface area contributed by atoms with Gasteiger partial charge in [0.1, 0.15) is 5.82 Å². The maximum absolute atomic E-state index is 13.6. The third-order valence-corrected chi connectivity index (χ3v) is 4.64. The van der Waals surface area contributed by atoms with Crippen molar-refractivity contribution >= 4 is 5.95 Å². The number of hydrogen-bond acceptors (Lipinski definition) is 4. The molecule has 0 radical (unpaired) electrons.